The van der Waals surface area contributed by atoms with Gasteiger partial charge in [-0.15, -0.1) is 0 Å². The highest BCUT2D eigenvalue weighted by Gasteiger charge is 2.20. The van der Waals surface area contributed by atoms with Gasteiger partial charge in [-0.05, 0) is 32.8 Å². The van der Waals surface area contributed by atoms with E-state index >= 15 is 0 Å². The van der Waals surface area contributed by atoms with E-state index in [4.69, 9.17) is 9.47 Å². The molecule has 9 heteroatoms. The van der Waals surface area contributed by atoms with Crippen LogP contribution in [0.1, 0.15) is 51.1 Å². The molecule has 3 aromatic heterocycles. The van der Waals surface area contributed by atoms with Crippen LogP contribution in [0.5, 0.6) is 0 Å². The van der Waals surface area contributed by atoms with Gasteiger partial charge in [-0.2, -0.15) is 10.1 Å². The van der Waals surface area contributed by atoms with Crippen LogP contribution in [0.4, 0.5) is 0 Å². The molecular weight excluding hydrogens is 374 g/mol. The maximum Gasteiger partial charge on any atom is 0.342 e. The van der Waals surface area contributed by atoms with Gasteiger partial charge in [-0.25, -0.2) is 14.3 Å². The normalized spacial score (nSPS) is 11.2. The highest BCUT2D eigenvalue weighted by atomic mass is 16.5. The second-order valence-electron chi connectivity index (χ2n) is 6.73. The van der Waals surface area contributed by atoms with E-state index in [0.29, 0.717) is 30.1 Å². The highest BCUT2D eigenvalue weighted by Crippen LogP contribution is 2.17. The molecule has 0 atom stereocenters. The number of Topliss-reactive ketones (excluding diaryl/α,β-unsaturated/α-hetero) is 1. The number of hydrogen-bond acceptors (Lipinski definition) is 7. The van der Waals surface area contributed by atoms with E-state index in [9.17, 15) is 9.59 Å². The Hall–Kier alpha value is -3.07. The fourth-order valence-electron chi connectivity index (χ4n) is 3.42. The summed E-state index contributed by atoms with van der Waals surface area (Å²) in [6, 6.07) is 1.83. The van der Waals surface area contributed by atoms with E-state index in [-0.39, 0.29) is 18.0 Å². The molecule has 0 N–H and O–H groups in total. The molecule has 0 spiro atoms. The van der Waals surface area contributed by atoms with Crippen LogP contribution in [-0.2, 0) is 22.4 Å². The lowest BCUT2D eigenvalue weighted by Crippen LogP contribution is -2.18. The lowest BCUT2D eigenvalue weighted by molar-refractivity contribution is 0.0472. The number of methoxy groups -OCH3 is 1. The second-order valence-corrected chi connectivity index (χ2v) is 6.73. The monoisotopic (exact) mass is 399 g/mol. The largest absolute Gasteiger partial charge is 0.454 e. The SMILES string of the molecule is CCc1c(C(=O)OCC(=O)c2cc(C)n(CCCOC)c2C)cnc2ncnn12. The zero-order valence-electron chi connectivity index (χ0n) is 17.1. The zero-order chi connectivity index (χ0) is 21.0. The molecule has 0 fully saturated rings. The van der Waals surface area contributed by atoms with Crippen LogP contribution in [0.25, 0.3) is 5.78 Å². The number of fused-ring (bicyclic) bond motifs is 1. The minimum atomic E-state index is -0.603. The Morgan fingerprint density at radius 3 is 2.69 bits per heavy atom. The van der Waals surface area contributed by atoms with Gasteiger partial charge in [-0.1, -0.05) is 6.92 Å². The molecule has 3 rings (SSSR count). The maximum atomic E-state index is 12.7. The van der Waals surface area contributed by atoms with Gasteiger partial charge < -0.3 is 14.0 Å². The van der Waals surface area contributed by atoms with Crippen molar-refractivity contribution in [1.29, 1.82) is 0 Å². The van der Waals surface area contributed by atoms with E-state index in [1.54, 1.807) is 7.11 Å². The zero-order valence-corrected chi connectivity index (χ0v) is 17.1. The number of carbonyl (C=O) groups is 2. The van der Waals surface area contributed by atoms with Crippen LogP contribution >= 0.6 is 0 Å². The van der Waals surface area contributed by atoms with Crippen LogP contribution in [0.15, 0.2) is 18.6 Å². The Kier molecular flexibility index (Phi) is 6.38. The first-order valence-corrected chi connectivity index (χ1v) is 9.51. The molecule has 154 valence electrons. The Morgan fingerprint density at radius 2 is 1.97 bits per heavy atom. The lowest BCUT2D eigenvalue weighted by Gasteiger charge is -2.10. The average molecular weight is 399 g/mol. The predicted octanol–water partition coefficient (Wildman–Crippen LogP) is 2.18. The lowest BCUT2D eigenvalue weighted by atomic mass is 10.1. The molecule has 3 heterocycles. The van der Waals surface area contributed by atoms with Crippen molar-refractivity contribution in [2.75, 3.05) is 20.3 Å². The number of nitrogens with zero attached hydrogens (tertiary/aromatic N) is 5. The molecule has 0 aliphatic carbocycles. The first-order valence-electron chi connectivity index (χ1n) is 9.51. The standard InChI is InChI=1S/C20H25N5O4/c1-5-17-16(10-21-20-22-12-23-25(17)20)19(27)29-11-18(26)15-9-13(2)24(14(15)3)7-6-8-28-4/h9-10,12H,5-8,11H2,1-4H3. The van der Waals surface area contributed by atoms with Gasteiger partial charge >= 0.3 is 5.97 Å². The molecule has 0 saturated heterocycles. The van der Waals surface area contributed by atoms with Crippen LogP contribution < -0.4 is 0 Å². The Balaban J connectivity index is 1.71. The van der Waals surface area contributed by atoms with E-state index < -0.39 is 5.97 Å². The second kappa shape index (κ2) is 8.95. The van der Waals surface area contributed by atoms with Crippen LogP contribution in [0, 0.1) is 13.8 Å². The Bertz CT molecular complexity index is 1040. The van der Waals surface area contributed by atoms with Gasteiger partial charge in [0.2, 0.25) is 5.78 Å². The first kappa shape index (κ1) is 20.7. The van der Waals surface area contributed by atoms with E-state index in [0.717, 1.165) is 24.4 Å². The summed E-state index contributed by atoms with van der Waals surface area (Å²) in [4.78, 5) is 33.3. The van der Waals surface area contributed by atoms with Gasteiger partial charge in [-0.3, -0.25) is 4.79 Å². The molecule has 3 aromatic rings. The summed E-state index contributed by atoms with van der Waals surface area (Å²) >= 11 is 0. The molecule has 0 aliphatic heterocycles. The number of aromatic nitrogens is 5. The highest BCUT2D eigenvalue weighted by molar-refractivity contribution is 6.00. The van der Waals surface area contributed by atoms with Crippen molar-refractivity contribution < 1.29 is 19.1 Å². The number of ketones is 1. The van der Waals surface area contributed by atoms with E-state index in [2.05, 4.69) is 19.6 Å². The number of carbonyl (C=O) groups excluding carboxylic acids is 2. The summed E-state index contributed by atoms with van der Waals surface area (Å²) in [6.07, 6.45) is 4.19. The minimum absolute atomic E-state index is 0.239. The van der Waals surface area contributed by atoms with E-state index in [1.165, 1.54) is 17.0 Å². The third-order valence-corrected chi connectivity index (χ3v) is 4.90. The number of esters is 1. The summed E-state index contributed by atoms with van der Waals surface area (Å²) in [5.74, 6) is -0.429. The van der Waals surface area contributed by atoms with Crippen molar-refractivity contribution in [2.24, 2.45) is 0 Å². The van der Waals surface area contributed by atoms with Gasteiger partial charge in [0, 0.05) is 43.4 Å². The van der Waals surface area contributed by atoms with Crippen LogP contribution in [-0.4, -0.2) is 56.2 Å². The summed E-state index contributed by atoms with van der Waals surface area (Å²) in [7, 11) is 1.67. The molecule has 0 unspecified atom stereocenters. The van der Waals surface area contributed by atoms with Crippen molar-refractivity contribution in [2.45, 2.75) is 40.2 Å². The Labute approximate surface area is 168 Å². The van der Waals surface area contributed by atoms with Crippen molar-refractivity contribution in [3.8, 4) is 0 Å². The summed E-state index contributed by atoms with van der Waals surface area (Å²) < 4.78 is 14.0. The van der Waals surface area contributed by atoms with Crippen LogP contribution in [0.3, 0.4) is 0 Å². The number of hydrogen-bond donors (Lipinski definition) is 0. The molecule has 0 radical (unpaired) electrons. The summed E-state index contributed by atoms with van der Waals surface area (Å²) in [6.45, 7) is 6.84. The minimum Gasteiger partial charge on any atom is -0.454 e. The smallest absolute Gasteiger partial charge is 0.342 e. The molecule has 0 amide bonds. The average Bonchev–Trinajstić information content (AvgIpc) is 3.30. The molecule has 0 bridgehead atoms. The van der Waals surface area contributed by atoms with Crippen LogP contribution in [0.2, 0.25) is 0 Å². The van der Waals surface area contributed by atoms with Crippen molar-refractivity contribution in [3.63, 3.8) is 0 Å². The van der Waals surface area contributed by atoms with E-state index in [1.807, 2.05) is 26.8 Å². The Morgan fingerprint density at radius 1 is 1.17 bits per heavy atom. The molecular formula is C20H25N5O4. The summed E-state index contributed by atoms with van der Waals surface area (Å²) in [5.41, 5.74) is 3.33. The topological polar surface area (TPSA) is 101 Å². The molecule has 0 aromatic carbocycles. The van der Waals surface area contributed by atoms with Crippen molar-refractivity contribution in [3.05, 3.63) is 46.8 Å². The van der Waals surface area contributed by atoms with Gasteiger partial charge in [0.1, 0.15) is 6.33 Å². The molecule has 0 aliphatic rings. The fourth-order valence-corrected chi connectivity index (χ4v) is 3.42. The molecule has 29 heavy (non-hydrogen) atoms. The third kappa shape index (κ3) is 4.19. The third-order valence-electron chi connectivity index (χ3n) is 4.90. The first-order chi connectivity index (χ1) is 14.0. The fraction of sp³-hybridized carbons (Fsp3) is 0.450. The van der Waals surface area contributed by atoms with Gasteiger partial charge in [0.25, 0.3) is 5.78 Å². The summed E-state index contributed by atoms with van der Waals surface area (Å²) in [5, 5.41) is 4.09. The van der Waals surface area contributed by atoms with Crippen molar-refractivity contribution >= 4 is 17.5 Å². The number of rotatable bonds is 9. The maximum absolute atomic E-state index is 12.7. The number of ether oxygens (including phenoxy) is 2. The predicted molar refractivity (Wildman–Crippen MR) is 105 cm³/mol. The van der Waals surface area contributed by atoms with Gasteiger partial charge in [0.15, 0.2) is 6.61 Å². The molecule has 0 saturated carbocycles. The van der Waals surface area contributed by atoms with Crippen molar-refractivity contribution in [1.82, 2.24) is 24.1 Å². The van der Waals surface area contributed by atoms with Gasteiger partial charge in [0.05, 0.1) is 11.3 Å². The molecule has 9 nitrogen and oxygen atoms in total. The quantitative estimate of drug-likeness (QED) is 0.309. The number of aryl methyl sites for hydroxylation is 2.